The average Bonchev–Trinajstić information content (AvgIpc) is 2.39. The Morgan fingerprint density at radius 3 is 2.58 bits per heavy atom. The van der Waals surface area contributed by atoms with Crippen LogP contribution >= 0.6 is 0 Å². The summed E-state index contributed by atoms with van der Waals surface area (Å²) in [5.41, 5.74) is 1.53. The Balaban J connectivity index is 3.24. The third-order valence-corrected chi connectivity index (χ3v) is 3.29. The predicted octanol–water partition coefficient (Wildman–Crippen LogP) is 3.23. The quantitative estimate of drug-likeness (QED) is 0.856. The zero-order valence-corrected chi connectivity index (χ0v) is 12.1. The number of nitrogens with zero attached hydrogens (tertiary/aromatic N) is 2. The van der Waals surface area contributed by atoms with E-state index in [1.807, 2.05) is 38.8 Å². The van der Waals surface area contributed by atoms with Crippen molar-refractivity contribution < 1.29 is 4.39 Å². The van der Waals surface area contributed by atoms with Gasteiger partial charge in [-0.1, -0.05) is 12.1 Å². The Morgan fingerprint density at radius 1 is 1.37 bits per heavy atom. The molecule has 0 aliphatic carbocycles. The van der Waals surface area contributed by atoms with E-state index in [2.05, 4.69) is 11.4 Å². The van der Waals surface area contributed by atoms with E-state index in [1.165, 1.54) is 6.07 Å². The van der Waals surface area contributed by atoms with Crippen molar-refractivity contribution in [3.8, 4) is 6.07 Å². The molecule has 3 nitrogen and oxygen atoms in total. The van der Waals surface area contributed by atoms with Gasteiger partial charge in [0.05, 0.1) is 18.2 Å². The fourth-order valence-electron chi connectivity index (χ4n) is 2.14. The number of para-hydroxylation sites is 1. The highest BCUT2D eigenvalue weighted by atomic mass is 19.1. The van der Waals surface area contributed by atoms with Crippen LogP contribution in [0.3, 0.4) is 0 Å². The van der Waals surface area contributed by atoms with Crippen LogP contribution in [0, 0.1) is 17.1 Å². The topological polar surface area (TPSA) is 39.1 Å². The van der Waals surface area contributed by atoms with Crippen molar-refractivity contribution >= 4 is 5.69 Å². The first-order valence-electron chi connectivity index (χ1n) is 6.62. The van der Waals surface area contributed by atoms with Gasteiger partial charge < -0.3 is 10.2 Å². The molecule has 0 aromatic heterocycles. The number of nitrogens with one attached hydrogen (secondary N) is 1. The minimum absolute atomic E-state index is 0.0639. The summed E-state index contributed by atoms with van der Waals surface area (Å²) in [5.74, 6) is -0.230. The van der Waals surface area contributed by atoms with Crippen molar-refractivity contribution in [2.24, 2.45) is 0 Å². The minimum atomic E-state index is -0.230. The maximum atomic E-state index is 14.2. The Bertz CT molecular complexity index is 451. The highest BCUT2D eigenvalue weighted by molar-refractivity contribution is 5.56. The minimum Gasteiger partial charge on any atom is -0.365 e. The smallest absolute Gasteiger partial charge is 0.146 e. The van der Waals surface area contributed by atoms with Gasteiger partial charge in [-0.05, 0) is 39.4 Å². The van der Waals surface area contributed by atoms with Gasteiger partial charge in [-0.2, -0.15) is 5.26 Å². The third-order valence-electron chi connectivity index (χ3n) is 3.29. The lowest BCUT2D eigenvalue weighted by Gasteiger charge is -2.32. The number of rotatable bonds is 6. The van der Waals surface area contributed by atoms with E-state index in [9.17, 15) is 4.39 Å². The van der Waals surface area contributed by atoms with Crippen LogP contribution in [-0.4, -0.2) is 19.6 Å². The summed E-state index contributed by atoms with van der Waals surface area (Å²) in [6, 6.07) is 7.47. The number of benzene rings is 1. The SMILES string of the molecule is CNC(C)c1cccc(F)c1N(CCC#N)C(C)C. The molecule has 104 valence electrons. The number of hydrogen-bond donors (Lipinski definition) is 1. The van der Waals surface area contributed by atoms with Gasteiger partial charge in [0.2, 0.25) is 0 Å². The van der Waals surface area contributed by atoms with Crippen LogP contribution in [0.4, 0.5) is 10.1 Å². The number of halogens is 1. The van der Waals surface area contributed by atoms with Crippen LogP contribution in [0.25, 0.3) is 0 Å². The number of hydrogen-bond acceptors (Lipinski definition) is 3. The zero-order chi connectivity index (χ0) is 14.4. The summed E-state index contributed by atoms with van der Waals surface area (Å²) in [5, 5.41) is 11.9. The Labute approximate surface area is 115 Å². The molecule has 1 unspecified atom stereocenters. The molecule has 0 saturated carbocycles. The van der Waals surface area contributed by atoms with Crippen LogP contribution in [0.5, 0.6) is 0 Å². The highest BCUT2D eigenvalue weighted by Gasteiger charge is 2.20. The monoisotopic (exact) mass is 263 g/mol. The summed E-state index contributed by atoms with van der Waals surface area (Å²) in [4.78, 5) is 1.96. The van der Waals surface area contributed by atoms with Gasteiger partial charge >= 0.3 is 0 Å². The van der Waals surface area contributed by atoms with E-state index in [4.69, 9.17) is 5.26 Å². The number of nitriles is 1. The Kier molecular flexibility index (Phi) is 5.78. The molecule has 0 bridgehead atoms. The molecular weight excluding hydrogens is 241 g/mol. The molecule has 0 heterocycles. The van der Waals surface area contributed by atoms with Crippen molar-refractivity contribution in [1.29, 1.82) is 5.26 Å². The Hall–Kier alpha value is -1.60. The van der Waals surface area contributed by atoms with E-state index < -0.39 is 0 Å². The van der Waals surface area contributed by atoms with E-state index in [0.717, 1.165) is 5.56 Å². The van der Waals surface area contributed by atoms with E-state index in [1.54, 1.807) is 6.07 Å². The summed E-state index contributed by atoms with van der Waals surface area (Å²) in [6.07, 6.45) is 0.389. The molecule has 1 atom stereocenters. The van der Waals surface area contributed by atoms with Crippen molar-refractivity contribution in [3.05, 3.63) is 29.6 Å². The molecule has 0 aliphatic heterocycles. The lowest BCUT2D eigenvalue weighted by Crippen LogP contribution is -2.34. The summed E-state index contributed by atoms with van der Waals surface area (Å²) in [7, 11) is 1.86. The van der Waals surface area contributed by atoms with Crippen LogP contribution in [0.1, 0.15) is 38.8 Å². The molecule has 0 amide bonds. The highest BCUT2D eigenvalue weighted by Crippen LogP contribution is 2.30. The first-order chi connectivity index (χ1) is 9.02. The predicted molar refractivity (Wildman–Crippen MR) is 76.6 cm³/mol. The van der Waals surface area contributed by atoms with Gasteiger partial charge in [-0.15, -0.1) is 0 Å². The molecule has 1 aromatic rings. The van der Waals surface area contributed by atoms with Crippen molar-refractivity contribution in [2.45, 2.75) is 39.3 Å². The molecule has 1 rings (SSSR count). The third kappa shape index (κ3) is 3.68. The van der Waals surface area contributed by atoms with Gasteiger partial charge in [0, 0.05) is 18.6 Å². The van der Waals surface area contributed by atoms with E-state index in [-0.39, 0.29) is 17.9 Å². The molecular formula is C15H22FN3. The van der Waals surface area contributed by atoms with Crippen molar-refractivity contribution in [3.63, 3.8) is 0 Å². The largest absolute Gasteiger partial charge is 0.365 e. The number of anilines is 1. The van der Waals surface area contributed by atoms with Gasteiger partial charge in [-0.25, -0.2) is 4.39 Å². The Morgan fingerprint density at radius 2 is 2.05 bits per heavy atom. The molecule has 19 heavy (non-hydrogen) atoms. The molecule has 0 spiro atoms. The van der Waals surface area contributed by atoms with Crippen molar-refractivity contribution in [1.82, 2.24) is 5.32 Å². The van der Waals surface area contributed by atoms with Gasteiger partial charge in [0.15, 0.2) is 0 Å². The second kappa shape index (κ2) is 7.10. The lowest BCUT2D eigenvalue weighted by molar-refractivity contribution is 0.581. The first kappa shape index (κ1) is 15.5. The standard InChI is InChI=1S/C15H22FN3/c1-11(2)19(10-6-9-17)15-13(12(3)18-4)7-5-8-14(15)16/h5,7-8,11-12,18H,6,10H2,1-4H3. The summed E-state index contributed by atoms with van der Waals surface area (Å²) < 4.78 is 14.2. The zero-order valence-electron chi connectivity index (χ0n) is 12.1. The maximum absolute atomic E-state index is 14.2. The van der Waals surface area contributed by atoms with E-state index in [0.29, 0.717) is 18.7 Å². The fraction of sp³-hybridized carbons (Fsp3) is 0.533. The molecule has 1 aromatic carbocycles. The van der Waals surface area contributed by atoms with Crippen LogP contribution < -0.4 is 10.2 Å². The van der Waals surface area contributed by atoms with Crippen LogP contribution in [-0.2, 0) is 0 Å². The fourth-order valence-corrected chi connectivity index (χ4v) is 2.14. The van der Waals surface area contributed by atoms with Crippen LogP contribution in [0.2, 0.25) is 0 Å². The molecule has 0 saturated heterocycles. The van der Waals surface area contributed by atoms with E-state index >= 15 is 0 Å². The average molecular weight is 263 g/mol. The molecule has 0 aliphatic rings. The molecule has 4 heteroatoms. The summed E-state index contributed by atoms with van der Waals surface area (Å²) in [6.45, 7) is 6.56. The molecule has 0 fully saturated rings. The van der Waals surface area contributed by atoms with Crippen molar-refractivity contribution in [2.75, 3.05) is 18.5 Å². The second-order valence-electron chi connectivity index (χ2n) is 4.88. The normalized spacial score (nSPS) is 12.3. The summed E-state index contributed by atoms with van der Waals surface area (Å²) >= 11 is 0. The molecule has 0 radical (unpaired) electrons. The van der Waals surface area contributed by atoms with Gasteiger partial charge in [0.1, 0.15) is 5.82 Å². The lowest BCUT2D eigenvalue weighted by atomic mass is 10.0. The van der Waals surface area contributed by atoms with Gasteiger partial charge in [-0.3, -0.25) is 0 Å². The second-order valence-corrected chi connectivity index (χ2v) is 4.88. The molecule has 1 N–H and O–H groups in total. The van der Waals surface area contributed by atoms with Crippen LogP contribution in [0.15, 0.2) is 18.2 Å². The van der Waals surface area contributed by atoms with Gasteiger partial charge in [0.25, 0.3) is 0 Å². The first-order valence-corrected chi connectivity index (χ1v) is 6.62. The maximum Gasteiger partial charge on any atom is 0.146 e.